The van der Waals surface area contributed by atoms with Crippen molar-refractivity contribution in [2.45, 2.75) is 128 Å². The minimum atomic E-state index is -0.340. The second-order valence-corrected chi connectivity index (χ2v) is 24.5. The summed E-state index contributed by atoms with van der Waals surface area (Å²) >= 11 is 0. The van der Waals surface area contributed by atoms with Crippen molar-refractivity contribution in [2.75, 3.05) is 59.0 Å². The molecule has 0 unspecified atom stereocenters. The minimum Gasteiger partial charge on any atom is -0.466 e. The van der Waals surface area contributed by atoms with Crippen molar-refractivity contribution in [3.8, 4) is 0 Å². The number of carbonyl (C=O) groups excluding carboxylic acids is 4. The Labute approximate surface area is 498 Å². The summed E-state index contributed by atoms with van der Waals surface area (Å²) in [4.78, 5) is 79.0. The average molecular weight is 1150 g/mol. The Kier molecular flexibility index (Phi) is 17.0. The SMILES string of the molecule is CCOC(=O)C[C@H](C1=Cc2cccnc2[C@@H](N2CCN(C(=O)OC(C)C)CC2)c2ccc(C)cc21)c1cncn1C.Cc1ccc2c(c1)C([C@@H](CC(=O)OC1(C)CC1)c1cncn1C)=Cc1cccnc1[C@H]2N1CCN(C(=O)OC2(C)CC2)CC1. The van der Waals surface area contributed by atoms with Gasteiger partial charge in [0.15, 0.2) is 0 Å². The average Bonchev–Trinajstić information content (AvgIpc) is 2.44. The van der Waals surface area contributed by atoms with Gasteiger partial charge in [-0.3, -0.25) is 29.4 Å². The van der Waals surface area contributed by atoms with Crippen molar-refractivity contribution in [2.24, 2.45) is 14.1 Å². The van der Waals surface area contributed by atoms with Crippen LogP contribution in [0.4, 0.5) is 9.59 Å². The molecule has 2 saturated carbocycles. The lowest BCUT2D eigenvalue weighted by molar-refractivity contribution is -0.150. The third kappa shape index (κ3) is 13.0. The molecule has 12 rings (SSSR count). The molecule has 18 nitrogen and oxygen atoms in total. The fourth-order valence-corrected chi connectivity index (χ4v) is 12.4. The van der Waals surface area contributed by atoms with Gasteiger partial charge in [0, 0.05) is 114 Å². The molecule has 6 aromatic rings. The molecular weight excluding hydrogens is 1070 g/mol. The van der Waals surface area contributed by atoms with E-state index in [0.717, 1.165) is 104 Å². The van der Waals surface area contributed by atoms with Crippen LogP contribution in [0.2, 0.25) is 0 Å². The number of rotatable bonds is 14. The van der Waals surface area contributed by atoms with E-state index in [9.17, 15) is 19.2 Å². The van der Waals surface area contributed by atoms with Crippen LogP contribution < -0.4 is 0 Å². The van der Waals surface area contributed by atoms with Crippen LogP contribution in [-0.4, -0.2) is 149 Å². The molecule has 4 aromatic heterocycles. The molecule has 85 heavy (non-hydrogen) atoms. The Morgan fingerprint density at radius 3 is 1.47 bits per heavy atom. The van der Waals surface area contributed by atoms with Crippen molar-refractivity contribution in [1.29, 1.82) is 0 Å². The quantitative estimate of drug-likeness (QED) is 0.0742. The van der Waals surface area contributed by atoms with Gasteiger partial charge in [-0.1, -0.05) is 59.7 Å². The zero-order chi connectivity index (χ0) is 59.7. The molecule has 2 aromatic carbocycles. The molecule has 0 bridgehead atoms. The molecule has 0 spiro atoms. The first-order chi connectivity index (χ1) is 40.9. The van der Waals surface area contributed by atoms with E-state index in [1.165, 1.54) is 0 Å². The highest BCUT2D eigenvalue weighted by molar-refractivity contribution is 5.92. The fourth-order valence-electron chi connectivity index (χ4n) is 12.4. The van der Waals surface area contributed by atoms with Crippen molar-refractivity contribution in [3.05, 3.63) is 165 Å². The smallest absolute Gasteiger partial charge is 0.410 e. The molecule has 6 aliphatic rings. The lowest BCUT2D eigenvalue weighted by atomic mass is 9.83. The first-order valence-electron chi connectivity index (χ1n) is 30.1. The number of esters is 2. The Bertz CT molecular complexity index is 3520. The Hall–Kier alpha value is -7.96. The number of imidazole rings is 2. The van der Waals surface area contributed by atoms with Crippen LogP contribution in [0.15, 0.2) is 98.1 Å². The number of ether oxygens (including phenoxy) is 4. The van der Waals surface area contributed by atoms with Gasteiger partial charge in [0.2, 0.25) is 0 Å². The molecule has 4 atom stereocenters. The highest BCUT2D eigenvalue weighted by atomic mass is 16.6. The standard InChI is InChI=1S/C35H41N5O4.C32H39N5O4/c1-23-7-8-25-26(18-23)27(28(29-21-36-22-38(29)4)20-30(41)43-34(2)9-10-34)19-24-6-5-13-37-31(24)32(25)39-14-16-40(17-15-39)33(42)44-35(3)11-12-35;1-6-40-29(38)18-27(28-19-33-20-35(28)5)26-17-23-8-7-11-34-30(23)31(24-10-9-22(4)16-25(24)26)36-12-14-37(15-13-36)32(39)41-21(2)3/h5-8,13,18-19,21-22,28,32H,9-12,14-17,20H2,1-4H3;7-11,16-17,19-21,27,31H,6,12-15,18H2,1-5H3/t28-,32+;27-,31+/m11/s1. The molecule has 2 aliphatic heterocycles. The molecule has 2 amide bonds. The first-order valence-corrected chi connectivity index (χ1v) is 30.1. The molecule has 0 N–H and O–H groups in total. The number of hydrogen-bond acceptors (Lipinski definition) is 14. The number of amides is 2. The number of nitrogens with zero attached hydrogens (tertiary/aromatic N) is 10. The number of aromatic nitrogens is 6. The number of aryl methyl sites for hydroxylation is 4. The van der Waals surface area contributed by atoms with Gasteiger partial charge in [0.1, 0.15) is 11.2 Å². The number of allylic oxidation sites excluding steroid dienone is 2. The molecule has 4 fully saturated rings. The van der Waals surface area contributed by atoms with Crippen molar-refractivity contribution >= 4 is 47.4 Å². The summed E-state index contributed by atoms with van der Waals surface area (Å²) in [7, 11) is 3.93. The zero-order valence-electron chi connectivity index (χ0n) is 50.6. The molecule has 0 radical (unpaired) electrons. The van der Waals surface area contributed by atoms with Gasteiger partial charge in [-0.25, -0.2) is 19.6 Å². The van der Waals surface area contributed by atoms with Crippen LogP contribution in [0, 0.1) is 13.8 Å². The van der Waals surface area contributed by atoms with E-state index in [1.807, 2.05) is 99.7 Å². The van der Waals surface area contributed by atoms with Gasteiger partial charge in [-0.15, -0.1) is 0 Å². The van der Waals surface area contributed by atoms with Gasteiger partial charge in [0.25, 0.3) is 0 Å². The largest absolute Gasteiger partial charge is 0.466 e. The predicted molar refractivity (Wildman–Crippen MR) is 324 cm³/mol. The topological polar surface area (TPSA) is 180 Å². The normalized spacial score (nSPS) is 20.0. The van der Waals surface area contributed by atoms with Crippen LogP contribution in [0.1, 0.15) is 164 Å². The summed E-state index contributed by atoms with van der Waals surface area (Å²) in [6, 6.07) is 21.0. The first kappa shape index (κ1) is 58.8. The van der Waals surface area contributed by atoms with Crippen LogP contribution in [0.25, 0.3) is 23.3 Å². The predicted octanol–water partition coefficient (Wildman–Crippen LogP) is 10.6. The third-order valence-electron chi connectivity index (χ3n) is 17.5. The summed E-state index contributed by atoms with van der Waals surface area (Å²) in [6.07, 6.45) is 18.8. The van der Waals surface area contributed by atoms with Crippen LogP contribution >= 0.6 is 0 Å². The Morgan fingerprint density at radius 1 is 0.600 bits per heavy atom. The second kappa shape index (κ2) is 24.6. The van der Waals surface area contributed by atoms with Gasteiger partial charge >= 0.3 is 24.1 Å². The zero-order valence-corrected chi connectivity index (χ0v) is 50.6. The lowest BCUT2D eigenvalue weighted by Gasteiger charge is -2.39. The molecule has 18 heteroatoms. The van der Waals surface area contributed by atoms with E-state index in [0.29, 0.717) is 59.0 Å². The summed E-state index contributed by atoms with van der Waals surface area (Å²) in [6.45, 7) is 19.2. The van der Waals surface area contributed by atoms with Crippen molar-refractivity contribution < 1.29 is 38.1 Å². The maximum absolute atomic E-state index is 13.4. The van der Waals surface area contributed by atoms with Gasteiger partial charge < -0.3 is 37.9 Å². The minimum absolute atomic E-state index is 0.112. The van der Waals surface area contributed by atoms with E-state index in [1.54, 1.807) is 17.6 Å². The van der Waals surface area contributed by atoms with E-state index >= 15 is 0 Å². The number of pyridine rings is 2. The number of hydrogen-bond donors (Lipinski definition) is 0. The van der Waals surface area contributed by atoms with Crippen molar-refractivity contribution in [1.82, 2.24) is 48.7 Å². The molecule has 2 saturated heterocycles. The number of carbonyl (C=O) groups is 4. The monoisotopic (exact) mass is 1150 g/mol. The van der Waals surface area contributed by atoms with Crippen molar-refractivity contribution in [3.63, 3.8) is 0 Å². The summed E-state index contributed by atoms with van der Waals surface area (Å²) < 4.78 is 26.6. The molecule has 446 valence electrons. The second-order valence-electron chi connectivity index (χ2n) is 24.5. The van der Waals surface area contributed by atoms with Gasteiger partial charge in [0.05, 0.1) is 61.7 Å². The Morgan fingerprint density at radius 2 is 1.05 bits per heavy atom. The maximum atomic E-state index is 13.4. The van der Waals surface area contributed by atoms with Crippen LogP contribution in [-0.2, 0) is 42.6 Å². The van der Waals surface area contributed by atoms with E-state index in [4.69, 9.17) is 28.9 Å². The molecular formula is C67H80N10O8. The maximum Gasteiger partial charge on any atom is 0.410 e. The Balaban J connectivity index is 0.000000178. The number of fused-ring (bicyclic) bond motifs is 4. The van der Waals surface area contributed by atoms with E-state index in [2.05, 4.69) is 94.3 Å². The number of benzene rings is 2. The lowest BCUT2D eigenvalue weighted by Crippen LogP contribution is -2.50. The summed E-state index contributed by atoms with van der Waals surface area (Å²) in [5.41, 5.74) is 14.1. The fraction of sp³-hybridized carbons (Fsp3) is 0.463. The van der Waals surface area contributed by atoms with E-state index < -0.39 is 0 Å². The van der Waals surface area contributed by atoms with Crippen LogP contribution in [0.5, 0.6) is 0 Å². The van der Waals surface area contributed by atoms with Gasteiger partial charge in [-0.05, 0) is 143 Å². The number of piperazine rings is 2. The molecule has 4 aliphatic carbocycles. The highest BCUT2D eigenvalue weighted by Gasteiger charge is 2.45. The molecule has 6 heterocycles. The highest BCUT2D eigenvalue weighted by Crippen LogP contribution is 2.49. The summed E-state index contributed by atoms with van der Waals surface area (Å²) in [5, 5.41) is 0. The van der Waals surface area contributed by atoms with E-state index in [-0.39, 0.29) is 78.2 Å². The summed E-state index contributed by atoms with van der Waals surface area (Å²) in [5.74, 6) is -0.969. The van der Waals surface area contributed by atoms with Crippen LogP contribution in [0.3, 0.4) is 0 Å². The van der Waals surface area contributed by atoms with Gasteiger partial charge in [-0.2, -0.15) is 0 Å². The third-order valence-corrected chi connectivity index (χ3v) is 17.5.